The Balaban J connectivity index is 1.48. The number of thiocarbonyl (C=S) groups is 1. The minimum Gasteiger partial charge on any atom is -0.457 e. The lowest BCUT2D eigenvalue weighted by molar-refractivity contribution is 0.482. The quantitative estimate of drug-likeness (QED) is 0.360. The lowest BCUT2D eigenvalue weighted by atomic mass is 10.0. The number of aromatic nitrogens is 1. The summed E-state index contributed by atoms with van der Waals surface area (Å²) in [5, 5.41) is 4.20. The Hall–Kier alpha value is -3.22. The van der Waals surface area contributed by atoms with Crippen molar-refractivity contribution in [1.29, 1.82) is 0 Å². The second-order valence-electron chi connectivity index (χ2n) is 7.35. The molecule has 4 nitrogen and oxygen atoms in total. The Labute approximate surface area is 191 Å². The third-order valence-corrected chi connectivity index (χ3v) is 6.63. The number of hydrogen-bond acceptors (Lipinski definition) is 4. The fraction of sp³-hybridized carbons (Fsp3) is 0.120. The average molecular weight is 444 g/mol. The number of aryl methyl sites for hydroxylation is 1. The molecule has 2 atom stereocenters. The molecule has 0 amide bonds. The van der Waals surface area contributed by atoms with Gasteiger partial charge in [-0.3, -0.25) is 4.98 Å². The molecular formula is C25H21N3OS2. The van der Waals surface area contributed by atoms with E-state index in [9.17, 15) is 0 Å². The van der Waals surface area contributed by atoms with Gasteiger partial charge in [-0.2, -0.15) is 0 Å². The highest BCUT2D eigenvalue weighted by atomic mass is 32.1. The summed E-state index contributed by atoms with van der Waals surface area (Å²) in [5.41, 5.74) is 2.00. The van der Waals surface area contributed by atoms with Gasteiger partial charge in [-0.15, -0.1) is 11.3 Å². The molecule has 1 aliphatic rings. The highest BCUT2D eigenvalue weighted by Gasteiger charge is 2.41. The summed E-state index contributed by atoms with van der Waals surface area (Å²) in [5.74, 6) is 1.61. The third kappa shape index (κ3) is 4.04. The van der Waals surface area contributed by atoms with Crippen molar-refractivity contribution < 1.29 is 4.74 Å². The molecule has 2 aromatic carbocycles. The summed E-state index contributed by atoms with van der Waals surface area (Å²) in [6, 6.07) is 28.2. The van der Waals surface area contributed by atoms with Gasteiger partial charge in [0.1, 0.15) is 11.5 Å². The molecule has 1 fully saturated rings. The molecule has 0 aliphatic carbocycles. The predicted octanol–water partition coefficient (Wildman–Crippen LogP) is 6.42. The van der Waals surface area contributed by atoms with Crippen LogP contribution in [-0.2, 0) is 0 Å². The zero-order valence-corrected chi connectivity index (χ0v) is 18.6. The highest BCUT2D eigenvalue weighted by molar-refractivity contribution is 7.80. The number of hydrogen-bond donors (Lipinski definition) is 1. The average Bonchev–Trinajstić information content (AvgIpc) is 3.38. The standard InChI is InChI=1S/C25H21N3OS2/c1-17-10-15-22(31-17)24-23(21-9-5-6-16-26-21)27-25(30)28(24)18-11-13-20(14-12-18)29-19-7-3-2-4-8-19/h2-16,23-24H,1H3,(H,27,30)/t23-,24+/m1/s1. The van der Waals surface area contributed by atoms with Crippen LogP contribution in [0.15, 0.2) is 91.1 Å². The van der Waals surface area contributed by atoms with Crippen molar-refractivity contribution in [2.24, 2.45) is 0 Å². The van der Waals surface area contributed by atoms with Crippen molar-refractivity contribution >= 4 is 34.4 Å². The van der Waals surface area contributed by atoms with E-state index in [0.29, 0.717) is 5.11 Å². The summed E-state index contributed by atoms with van der Waals surface area (Å²) in [7, 11) is 0. The molecular weight excluding hydrogens is 422 g/mol. The number of nitrogens with one attached hydrogen (secondary N) is 1. The normalized spacial score (nSPS) is 18.1. The van der Waals surface area contributed by atoms with Gasteiger partial charge in [0.05, 0.1) is 17.8 Å². The van der Waals surface area contributed by atoms with Crippen molar-refractivity contribution in [3.8, 4) is 11.5 Å². The van der Waals surface area contributed by atoms with Gasteiger partial charge in [-0.1, -0.05) is 24.3 Å². The minimum atomic E-state index is -0.0213. The van der Waals surface area contributed by atoms with Gasteiger partial charge in [-0.25, -0.2) is 0 Å². The van der Waals surface area contributed by atoms with Crippen LogP contribution in [0.5, 0.6) is 11.5 Å². The van der Waals surface area contributed by atoms with E-state index in [-0.39, 0.29) is 12.1 Å². The molecule has 31 heavy (non-hydrogen) atoms. The van der Waals surface area contributed by atoms with E-state index >= 15 is 0 Å². The molecule has 6 heteroatoms. The molecule has 0 bridgehead atoms. The van der Waals surface area contributed by atoms with Crippen LogP contribution in [0.3, 0.4) is 0 Å². The first-order valence-electron chi connectivity index (χ1n) is 10.1. The van der Waals surface area contributed by atoms with Crippen molar-refractivity contribution in [3.63, 3.8) is 0 Å². The van der Waals surface area contributed by atoms with Gasteiger partial charge < -0.3 is 15.0 Å². The third-order valence-electron chi connectivity index (χ3n) is 5.24. The Morgan fingerprint density at radius 2 is 1.65 bits per heavy atom. The Kier molecular flexibility index (Phi) is 5.40. The smallest absolute Gasteiger partial charge is 0.174 e. The van der Waals surface area contributed by atoms with E-state index in [0.717, 1.165) is 22.9 Å². The Bertz CT molecular complexity index is 1180. The maximum atomic E-state index is 5.95. The monoisotopic (exact) mass is 443 g/mol. The zero-order valence-electron chi connectivity index (χ0n) is 16.9. The zero-order chi connectivity index (χ0) is 21.2. The topological polar surface area (TPSA) is 37.4 Å². The largest absolute Gasteiger partial charge is 0.457 e. The van der Waals surface area contributed by atoms with Crippen LogP contribution in [0, 0.1) is 6.92 Å². The van der Waals surface area contributed by atoms with Gasteiger partial charge in [0.25, 0.3) is 0 Å². The first-order valence-corrected chi connectivity index (χ1v) is 11.3. The fourth-order valence-electron chi connectivity index (χ4n) is 3.83. The molecule has 4 aromatic rings. The first-order chi connectivity index (χ1) is 15.2. The molecule has 0 radical (unpaired) electrons. The van der Waals surface area contributed by atoms with Crippen molar-refractivity contribution in [2.45, 2.75) is 19.0 Å². The lowest BCUT2D eigenvalue weighted by Gasteiger charge is -2.27. The predicted molar refractivity (Wildman–Crippen MR) is 130 cm³/mol. The number of para-hydroxylation sites is 1. The highest BCUT2D eigenvalue weighted by Crippen LogP contribution is 2.43. The van der Waals surface area contributed by atoms with Crippen LogP contribution in [0.2, 0.25) is 0 Å². The lowest BCUT2D eigenvalue weighted by Crippen LogP contribution is -2.28. The Morgan fingerprint density at radius 3 is 2.32 bits per heavy atom. The summed E-state index contributed by atoms with van der Waals surface area (Å²) < 4.78 is 5.95. The Morgan fingerprint density at radius 1 is 0.903 bits per heavy atom. The van der Waals surface area contributed by atoms with E-state index in [1.54, 1.807) is 11.3 Å². The SMILES string of the molecule is Cc1ccc([C@H]2[C@@H](c3ccccn3)NC(=S)N2c2ccc(Oc3ccccc3)cc2)s1. The fourth-order valence-corrected chi connectivity index (χ4v) is 5.19. The summed E-state index contributed by atoms with van der Waals surface area (Å²) in [6.45, 7) is 2.13. The second-order valence-corrected chi connectivity index (χ2v) is 9.06. The number of rotatable bonds is 5. The van der Waals surface area contributed by atoms with Gasteiger partial charge in [-0.05, 0) is 79.8 Å². The first kappa shape index (κ1) is 19.7. The molecule has 3 heterocycles. The molecule has 154 valence electrons. The van der Waals surface area contributed by atoms with Crippen LogP contribution in [0.1, 0.15) is 27.5 Å². The number of anilines is 1. The van der Waals surface area contributed by atoms with Crippen LogP contribution < -0.4 is 15.0 Å². The van der Waals surface area contributed by atoms with E-state index < -0.39 is 0 Å². The van der Waals surface area contributed by atoms with Gasteiger partial charge in [0, 0.05) is 21.6 Å². The summed E-state index contributed by atoms with van der Waals surface area (Å²) in [6.07, 6.45) is 1.83. The molecule has 0 spiro atoms. The molecule has 0 saturated carbocycles. The minimum absolute atomic E-state index is 0.0213. The number of thiophene rings is 1. The van der Waals surface area contributed by atoms with Crippen LogP contribution >= 0.6 is 23.6 Å². The molecule has 1 N–H and O–H groups in total. The van der Waals surface area contributed by atoms with Gasteiger partial charge in [0.2, 0.25) is 0 Å². The van der Waals surface area contributed by atoms with Crippen LogP contribution in [0.4, 0.5) is 5.69 Å². The number of ether oxygens (including phenoxy) is 1. The number of pyridine rings is 1. The van der Waals surface area contributed by atoms with Crippen LogP contribution in [-0.4, -0.2) is 10.1 Å². The second kappa shape index (κ2) is 8.49. The number of benzene rings is 2. The van der Waals surface area contributed by atoms with Crippen molar-refractivity contribution in [3.05, 3.63) is 107 Å². The molecule has 5 rings (SSSR count). The maximum Gasteiger partial charge on any atom is 0.174 e. The molecule has 1 saturated heterocycles. The molecule has 0 unspecified atom stereocenters. The summed E-state index contributed by atoms with van der Waals surface area (Å²) in [4.78, 5) is 9.32. The number of nitrogens with zero attached hydrogens (tertiary/aromatic N) is 2. The van der Waals surface area contributed by atoms with Crippen molar-refractivity contribution in [2.75, 3.05) is 4.90 Å². The van der Waals surface area contributed by atoms with Crippen LogP contribution in [0.25, 0.3) is 0 Å². The van der Waals surface area contributed by atoms with E-state index in [2.05, 4.69) is 46.4 Å². The van der Waals surface area contributed by atoms with Gasteiger partial charge in [0.15, 0.2) is 5.11 Å². The van der Waals surface area contributed by atoms with Gasteiger partial charge >= 0.3 is 0 Å². The van der Waals surface area contributed by atoms with E-state index in [1.165, 1.54) is 9.75 Å². The summed E-state index contributed by atoms with van der Waals surface area (Å²) >= 11 is 7.58. The molecule has 2 aromatic heterocycles. The van der Waals surface area contributed by atoms with E-state index in [1.807, 2.05) is 66.9 Å². The maximum absolute atomic E-state index is 5.95. The van der Waals surface area contributed by atoms with E-state index in [4.69, 9.17) is 17.0 Å². The van der Waals surface area contributed by atoms with Crippen molar-refractivity contribution in [1.82, 2.24) is 10.3 Å². The molecule has 1 aliphatic heterocycles.